The van der Waals surface area contributed by atoms with Gasteiger partial charge in [0.25, 0.3) is 0 Å². The van der Waals surface area contributed by atoms with Crippen molar-refractivity contribution in [1.29, 1.82) is 0 Å². The Kier molecular flexibility index (Phi) is 3.39. The fourth-order valence-corrected chi connectivity index (χ4v) is 1.22. The molecule has 5 heteroatoms. The van der Waals surface area contributed by atoms with Gasteiger partial charge in [-0.2, -0.15) is 13.2 Å². The Morgan fingerprint density at radius 1 is 1.27 bits per heavy atom. The van der Waals surface area contributed by atoms with Crippen LogP contribution in [0.25, 0.3) is 0 Å². The van der Waals surface area contributed by atoms with E-state index in [1.165, 1.54) is 19.1 Å². The van der Waals surface area contributed by atoms with E-state index in [1.807, 2.05) is 0 Å². The number of alkyl halides is 4. The topological polar surface area (TPSA) is 17.1 Å². The van der Waals surface area contributed by atoms with Gasteiger partial charge in [0.2, 0.25) is 0 Å². The SMILES string of the molecule is CC(=O)C(Cl)c1ccc(C(F)(F)F)cc1. The van der Waals surface area contributed by atoms with Crippen molar-refractivity contribution in [3.05, 3.63) is 35.4 Å². The van der Waals surface area contributed by atoms with E-state index in [2.05, 4.69) is 0 Å². The monoisotopic (exact) mass is 236 g/mol. The molecule has 1 nitrogen and oxygen atoms in total. The van der Waals surface area contributed by atoms with E-state index >= 15 is 0 Å². The molecule has 0 spiro atoms. The number of hydrogen-bond acceptors (Lipinski definition) is 1. The number of benzene rings is 1. The molecule has 15 heavy (non-hydrogen) atoms. The summed E-state index contributed by atoms with van der Waals surface area (Å²) in [6, 6.07) is 4.24. The molecule has 0 aliphatic rings. The first-order valence-electron chi connectivity index (χ1n) is 4.14. The molecular weight excluding hydrogens is 229 g/mol. The Morgan fingerprint density at radius 3 is 2.07 bits per heavy atom. The average molecular weight is 237 g/mol. The summed E-state index contributed by atoms with van der Waals surface area (Å²) in [5.74, 6) is -0.295. The summed E-state index contributed by atoms with van der Waals surface area (Å²) in [6.07, 6.45) is -4.36. The minimum Gasteiger partial charge on any atom is -0.298 e. The highest BCUT2D eigenvalue weighted by molar-refractivity contribution is 6.30. The molecule has 0 aliphatic heterocycles. The zero-order valence-electron chi connectivity index (χ0n) is 7.81. The van der Waals surface area contributed by atoms with Crippen LogP contribution in [0.1, 0.15) is 23.4 Å². The van der Waals surface area contributed by atoms with Crippen molar-refractivity contribution in [3.63, 3.8) is 0 Å². The maximum absolute atomic E-state index is 12.2. The van der Waals surface area contributed by atoms with Gasteiger partial charge >= 0.3 is 6.18 Å². The van der Waals surface area contributed by atoms with Crippen LogP contribution in [-0.4, -0.2) is 5.78 Å². The van der Waals surface area contributed by atoms with Crippen LogP contribution in [0.15, 0.2) is 24.3 Å². The molecule has 0 fully saturated rings. The number of rotatable bonds is 2. The highest BCUT2D eigenvalue weighted by atomic mass is 35.5. The van der Waals surface area contributed by atoms with Gasteiger partial charge in [-0.05, 0) is 24.6 Å². The van der Waals surface area contributed by atoms with E-state index in [0.717, 1.165) is 12.1 Å². The largest absolute Gasteiger partial charge is 0.416 e. The fourth-order valence-electron chi connectivity index (χ4n) is 1.08. The molecule has 0 heterocycles. The molecule has 0 radical (unpaired) electrons. The molecule has 1 rings (SSSR count). The lowest BCUT2D eigenvalue weighted by atomic mass is 10.1. The van der Waals surface area contributed by atoms with E-state index in [0.29, 0.717) is 5.56 Å². The van der Waals surface area contributed by atoms with Crippen molar-refractivity contribution < 1.29 is 18.0 Å². The van der Waals surface area contributed by atoms with Gasteiger partial charge in [0.05, 0.1) is 5.56 Å². The summed E-state index contributed by atoms with van der Waals surface area (Å²) in [6.45, 7) is 1.29. The molecule has 1 atom stereocenters. The maximum Gasteiger partial charge on any atom is 0.416 e. The third-order valence-electron chi connectivity index (χ3n) is 1.89. The lowest BCUT2D eigenvalue weighted by molar-refractivity contribution is -0.137. The normalized spacial score (nSPS) is 13.7. The molecular formula is C10H8ClF3O. The first kappa shape index (κ1) is 12.0. The second-order valence-corrected chi connectivity index (χ2v) is 3.53. The number of ketones is 1. The van der Waals surface area contributed by atoms with Gasteiger partial charge in [-0.25, -0.2) is 0 Å². The zero-order chi connectivity index (χ0) is 11.6. The van der Waals surface area contributed by atoms with Crippen LogP contribution in [-0.2, 0) is 11.0 Å². The summed E-state index contributed by atoms with van der Waals surface area (Å²) in [5, 5.41) is -0.882. The average Bonchev–Trinajstić information content (AvgIpc) is 2.15. The highest BCUT2D eigenvalue weighted by Gasteiger charge is 2.30. The van der Waals surface area contributed by atoms with Gasteiger partial charge in [0.1, 0.15) is 5.38 Å². The number of carbonyl (C=O) groups excluding carboxylic acids is 1. The van der Waals surface area contributed by atoms with Crippen LogP contribution in [0.4, 0.5) is 13.2 Å². The van der Waals surface area contributed by atoms with Crippen LogP contribution in [0, 0.1) is 0 Å². The molecule has 0 saturated heterocycles. The van der Waals surface area contributed by atoms with Crippen LogP contribution < -0.4 is 0 Å². The van der Waals surface area contributed by atoms with Crippen molar-refractivity contribution >= 4 is 17.4 Å². The minimum atomic E-state index is -4.36. The molecule has 82 valence electrons. The van der Waals surface area contributed by atoms with Gasteiger partial charge in [0, 0.05) is 0 Å². The Balaban J connectivity index is 2.95. The van der Waals surface area contributed by atoms with Crippen LogP contribution in [0.2, 0.25) is 0 Å². The summed E-state index contributed by atoms with van der Waals surface area (Å²) in [7, 11) is 0. The number of hydrogen-bond donors (Lipinski definition) is 0. The van der Waals surface area contributed by atoms with Gasteiger partial charge in [-0.1, -0.05) is 12.1 Å². The molecule has 0 saturated carbocycles. The van der Waals surface area contributed by atoms with E-state index in [1.54, 1.807) is 0 Å². The Bertz CT molecular complexity index is 356. The van der Waals surface area contributed by atoms with Crippen LogP contribution >= 0.6 is 11.6 Å². The molecule has 1 unspecified atom stereocenters. The van der Waals surface area contributed by atoms with E-state index in [4.69, 9.17) is 11.6 Å². The summed E-state index contributed by atoms with van der Waals surface area (Å²) in [4.78, 5) is 10.9. The summed E-state index contributed by atoms with van der Waals surface area (Å²) in [5.41, 5.74) is -0.379. The zero-order valence-corrected chi connectivity index (χ0v) is 8.56. The number of Topliss-reactive ketones (excluding diaryl/α,β-unsaturated/α-hetero) is 1. The second-order valence-electron chi connectivity index (χ2n) is 3.09. The highest BCUT2D eigenvalue weighted by Crippen LogP contribution is 2.30. The molecule has 0 bridgehead atoms. The first-order valence-corrected chi connectivity index (χ1v) is 4.57. The van der Waals surface area contributed by atoms with E-state index in [9.17, 15) is 18.0 Å². The lowest BCUT2D eigenvalue weighted by Gasteiger charge is -2.09. The molecule has 0 aliphatic carbocycles. The van der Waals surface area contributed by atoms with Crippen molar-refractivity contribution in [2.75, 3.05) is 0 Å². The predicted molar refractivity (Wildman–Crippen MR) is 50.7 cm³/mol. The lowest BCUT2D eigenvalue weighted by Crippen LogP contribution is -2.06. The smallest absolute Gasteiger partial charge is 0.298 e. The molecule has 1 aromatic carbocycles. The minimum absolute atomic E-state index is 0.295. The Morgan fingerprint density at radius 2 is 1.73 bits per heavy atom. The quantitative estimate of drug-likeness (QED) is 0.718. The first-order chi connectivity index (χ1) is 6.82. The van der Waals surface area contributed by atoms with E-state index < -0.39 is 17.1 Å². The summed E-state index contributed by atoms with van der Waals surface area (Å²) < 4.78 is 36.5. The van der Waals surface area contributed by atoms with Crippen molar-refractivity contribution in [2.45, 2.75) is 18.5 Å². The summed E-state index contributed by atoms with van der Waals surface area (Å²) >= 11 is 5.68. The third-order valence-corrected chi connectivity index (χ3v) is 2.45. The predicted octanol–water partition coefficient (Wildman–Crippen LogP) is 3.57. The molecule has 1 aromatic rings. The maximum atomic E-state index is 12.2. The Labute approximate surface area is 89.9 Å². The second kappa shape index (κ2) is 4.23. The molecule has 0 aromatic heterocycles. The van der Waals surface area contributed by atoms with Gasteiger partial charge in [0.15, 0.2) is 5.78 Å². The number of halogens is 4. The standard InChI is InChI=1S/C10H8ClF3O/c1-6(15)9(11)7-2-4-8(5-3-7)10(12,13)14/h2-5,9H,1H3. The molecule has 0 N–H and O–H groups in total. The van der Waals surface area contributed by atoms with Crippen molar-refractivity contribution in [2.24, 2.45) is 0 Å². The van der Waals surface area contributed by atoms with Crippen molar-refractivity contribution in [1.82, 2.24) is 0 Å². The van der Waals surface area contributed by atoms with Gasteiger partial charge in [-0.15, -0.1) is 11.6 Å². The van der Waals surface area contributed by atoms with Crippen LogP contribution in [0.5, 0.6) is 0 Å². The molecule has 0 amide bonds. The third kappa shape index (κ3) is 2.96. The fraction of sp³-hybridized carbons (Fsp3) is 0.300. The van der Waals surface area contributed by atoms with Gasteiger partial charge < -0.3 is 0 Å². The number of carbonyl (C=O) groups is 1. The van der Waals surface area contributed by atoms with Crippen LogP contribution in [0.3, 0.4) is 0 Å². The van der Waals surface area contributed by atoms with E-state index in [-0.39, 0.29) is 5.78 Å². The Hall–Kier alpha value is -1.03. The van der Waals surface area contributed by atoms with Crippen molar-refractivity contribution in [3.8, 4) is 0 Å². The van der Waals surface area contributed by atoms with Gasteiger partial charge in [-0.3, -0.25) is 4.79 Å².